The van der Waals surface area contributed by atoms with E-state index in [0.29, 0.717) is 32.1 Å². The van der Waals surface area contributed by atoms with Crippen LogP contribution in [-0.2, 0) is 0 Å². The van der Waals surface area contributed by atoms with Gasteiger partial charge in [0.1, 0.15) is 11.4 Å². The Morgan fingerprint density at radius 3 is 2.34 bits per heavy atom. The second kappa shape index (κ2) is 11.1. The van der Waals surface area contributed by atoms with Crippen LogP contribution in [0.4, 0.5) is 0 Å². The molecule has 0 spiro atoms. The third kappa shape index (κ3) is 5.29. The largest absolute Gasteiger partial charge is 0.422 e. The number of hydrazone groups is 1. The zero-order valence-corrected chi connectivity index (χ0v) is 21.8. The lowest BCUT2D eigenvalue weighted by Gasteiger charge is -2.08. The smallest absolute Gasteiger partial charge is 0.345 e. The number of nitrogens with one attached hydrogen (secondary N) is 2. The first-order chi connectivity index (χ1) is 18.4. The van der Waals surface area contributed by atoms with E-state index in [2.05, 4.69) is 15.5 Å². The molecular weight excluding hydrogens is 545 g/mol. The number of carbonyl (C=O) groups is 2. The number of nitrogens with zero attached hydrogens (tertiary/aromatic N) is 1. The second-order valence-corrected chi connectivity index (χ2v) is 9.41. The van der Waals surface area contributed by atoms with Crippen molar-refractivity contribution in [1.29, 1.82) is 0 Å². The standard InChI is InChI=1S/C29H18Cl3N3O3/c30-19-14-21-25(17-8-2-1-3-9-17)27(34-26(21)23(32)15-19)28(36)35-33-16-18-10-4-7-13-24(18)38-29(37)20-11-5-6-12-22(20)31/h1-16,34H,(H,35,36). The van der Waals surface area contributed by atoms with Gasteiger partial charge in [0.25, 0.3) is 5.91 Å². The van der Waals surface area contributed by atoms with E-state index in [9.17, 15) is 9.59 Å². The van der Waals surface area contributed by atoms with Crippen molar-refractivity contribution < 1.29 is 14.3 Å². The maximum Gasteiger partial charge on any atom is 0.345 e. The molecule has 1 heterocycles. The SMILES string of the molecule is O=C(Oc1ccccc1C=NNC(=O)c1[nH]c2c(Cl)cc(Cl)cc2c1-c1ccccc1)c1ccccc1Cl. The van der Waals surface area contributed by atoms with Gasteiger partial charge in [0.15, 0.2) is 0 Å². The van der Waals surface area contributed by atoms with Gasteiger partial charge in [0, 0.05) is 21.5 Å². The lowest BCUT2D eigenvalue weighted by Crippen LogP contribution is -2.19. The maximum absolute atomic E-state index is 13.2. The molecule has 5 aromatic rings. The van der Waals surface area contributed by atoms with Gasteiger partial charge in [-0.05, 0) is 42.0 Å². The first kappa shape index (κ1) is 25.5. The quantitative estimate of drug-likeness (QED) is 0.0959. The van der Waals surface area contributed by atoms with E-state index in [1.54, 1.807) is 60.7 Å². The highest BCUT2D eigenvalue weighted by Crippen LogP contribution is 2.37. The van der Waals surface area contributed by atoms with Crippen LogP contribution in [0.3, 0.4) is 0 Å². The number of aromatic amines is 1. The molecule has 0 atom stereocenters. The monoisotopic (exact) mass is 561 g/mol. The summed E-state index contributed by atoms with van der Waals surface area (Å²) < 4.78 is 5.54. The predicted octanol–water partition coefficient (Wildman–Crippen LogP) is 7.78. The Bertz CT molecular complexity index is 1700. The molecule has 0 aliphatic carbocycles. The third-order valence-corrected chi connectivity index (χ3v) is 6.54. The number of hydrogen-bond donors (Lipinski definition) is 2. The van der Waals surface area contributed by atoms with Crippen LogP contribution in [0.25, 0.3) is 22.0 Å². The second-order valence-electron chi connectivity index (χ2n) is 8.16. The molecule has 188 valence electrons. The van der Waals surface area contributed by atoms with Crippen LogP contribution >= 0.6 is 34.8 Å². The fourth-order valence-corrected chi connectivity index (χ4v) is 4.73. The summed E-state index contributed by atoms with van der Waals surface area (Å²) in [4.78, 5) is 29.0. The number of esters is 1. The molecule has 5 rings (SSSR count). The van der Waals surface area contributed by atoms with Crippen molar-refractivity contribution >= 4 is 63.8 Å². The van der Waals surface area contributed by atoms with Crippen molar-refractivity contribution in [3.63, 3.8) is 0 Å². The molecule has 1 amide bonds. The van der Waals surface area contributed by atoms with Crippen molar-refractivity contribution in [3.8, 4) is 16.9 Å². The highest BCUT2D eigenvalue weighted by molar-refractivity contribution is 6.39. The molecule has 0 aliphatic heterocycles. The van der Waals surface area contributed by atoms with Crippen LogP contribution in [0.2, 0.25) is 15.1 Å². The van der Waals surface area contributed by atoms with Crippen LogP contribution < -0.4 is 10.2 Å². The van der Waals surface area contributed by atoms with Gasteiger partial charge in [-0.15, -0.1) is 0 Å². The zero-order chi connectivity index (χ0) is 26.6. The lowest BCUT2D eigenvalue weighted by molar-refractivity contribution is 0.0734. The molecular formula is C29H18Cl3N3O3. The number of rotatable bonds is 6. The molecule has 0 saturated heterocycles. The molecule has 4 aromatic carbocycles. The molecule has 0 saturated carbocycles. The minimum atomic E-state index is -0.610. The molecule has 1 aromatic heterocycles. The minimum Gasteiger partial charge on any atom is -0.422 e. The molecule has 0 aliphatic rings. The van der Waals surface area contributed by atoms with E-state index in [1.807, 2.05) is 30.3 Å². The van der Waals surface area contributed by atoms with Crippen molar-refractivity contribution in [2.75, 3.05) is 0 Å². The summed E-state index contributed by atoms with van der Waals surface area (Å²) in [6.45, 7) is 0. The number of amides is 1. The Morgan fingerprint density at radius 2 is 1.55 bits per heavy atom. The number of aromatic nitrogens is 1. The maximum atomic E-state index is 13.2. The summed E-state index contributed by atoms with van der Waals surface area (Å²) in [5.41, 5.74) is 5.55. The van der Waals surface area contributed by atoms with Crippen molar-refractivity contribution in [1.82, 2.24) is 10.4 Å². The Hall–Kier alpha value is -4.10. The van der Waals surface area contributed by atoms with Crippen LogP contribution in [0, 0.1) is 0 Å². The van der Waals surface area contributed by atoms with Crippen LogP contribution in [0.1, 0.15) is 26.4 Å². The summed E-state index contributed by atoms with van der Waals surface area (Å²) >= 11 is 18.8. The summed E-state index contributed by atoms with van der Waals surface area (Å²) in [5, 5.41) is 5.93. The van der Waals surface area contributed by atoms with E-state index in [4.69, 9.17) is 39.5 Å². The number of benzene rings is 4. The first-order valence-electron chi connectivity index (χ1n) is 11.4. The number of hydrogen-bond acceptors (Lipinski definition) is 4. The number of H-pyrrole nitrogens is 1. The highest BCUT2D eigenvalue weighted by atomic mass is 35.5. The highest BCUT2D eigenvalue weighted by Gasteiger charge is 2.21. The number of para-hydroxylation sites is 1. The fourth-order valence-electron chi connectivity index (χ4n) is 3.97. The van der Waals surface area contributed by atoms with Crippen molar-refractivity contribution in [3.05, 3.63) is 123 Å². The normalized spacial score (nSPS) is 11.1. The Morgan fingerprint density at radius 1 is 0.842 bits per heavy atom. The van der Waals surface area contributed by atoms with Gasteiger partial charge in [-0.3, -0.25) is 4.79 Å². The summed E-state index contributed by atoms with van der Waals surface area (Å²) in [7, 11) is 0. The van der Waals surface area contributed by atoms with Crippen LogP contribution in [0.5, 0.6) is 5.75 Å². The van der Waals surface area contributed by atoms with E-state index in [1.165, 1.54) is 6.21 Å². The number of fused-ring (bicyclic) bond motifs is 1. The molecule has 0 unspecified atom stereocenters. The molecule has 0 bridgehead atoms. The third-order valence-electron chi connectivity index (χ3n) is 5.70. The van der Waals surface area contributed by atoms with Crippen molar-refractivity contribution in [2.45, 2.75) is 0 Å². The van der Waals surface area contributed by atoms with E-state index in [0.717, 1.165) is 5.56 Å². The Labute approximate surface area is 232 Å². The van der Waals surface area contributed by atoms with Crippen LogP contribution in [-0.4, -0.2) is 23.1 Å². The van der Waals surface area contributed by atoms with Gasteiger partial charge in [-0.2, -0.15) is 5.10 Å². The number of halogens is 3. The Balaban J connectivity index is 1.42. The fraction of sp³-hybridized carbons (Fsp3) is 0. The molecule has 0 fully saturated rings. The molecule has 6 nitrogen and oxygen atoms in total. The molecule has 38 heavy (non-hydrogen) atoms. The van der Waals surface area contributed by atoms with Crippen LogP contribution in [0.15, 0.2) is 96.1 Å². The number of carbonyl (C=O) groups excluding carboxylic acids is 2. The predicted molar refractivity (Wildman–Crippen MR) is 152 cm³/mol. The van der Waals surface area contributed by atoms with Gasteiger partial charge in [-0.1, -0.05) is 89.4 Å². The number of ether oxygens (including phenoxy) is 1. The van der Waals surface area contributed by atoms with E-state index in [-0.39, 0.29) is 22.0 Å². The topological polar surface area (TPSA) is 83.5 Å². The van der Waals surface area contributed by atoms with E-state index >= 15 is 0 Å². The molecule has 9 heteroatoms. The summed E-state index contributed by atoms with van der Waals surface area (Å²) in [6.07, 6.45) is 1.39. The summed E-state index contributed by atoms with van der Waals surface area (Å²) in [6, 6.07) is 26.2. The van der Waals surface area contributed by atoms with Gasteiger partial charge in [-0.25, -0.2) is 10.2 Å². The Kier molecular flexibility index (Phi) is 7.47. The average Bonchev–Trinajstić information content (AvgIpc) is 3.30. The minimum absolute atomic E-state index is 0.236. The van der Waals surface area contributed by atoms with Gasteiger partial charge in [0.05, 0.1) is 27.3 Å². The van der Waals surface area contributed by atoms with Crippen molar-refractivity contribution in [2.24, 2.45) is 5.10 Å². The van der Waals surface area contributed by atoms with Gasteiger partial charge >= 0.3 is 5.97 Å². The molecule has 2 N–H and O–H groups in total. The first-order valence-corrected chi connectivity index (χ1v) is 12.5. The van der Waals surface area contributed by atoms with Gasteiger partial charge < -0.3 is 9.72 Å². The lowest BCUT2D eigenvalue weighted by atomic mass is 10.0. The molecule has 0 radical (unpaired) electrons. The zero-order valence-electron chi connectivity index (χ0n) is 19.5. The average molecular weight is 563 g/mol. The van der Waals surface area contributed by atoms with E-state index < -0.39 is 11.9 Å². The van der Waals surface area contributed by atoms with Gasteiger partial charge in [0.2, 0.25) is 0 Å². The summed E-state index contributed by atoms with van der Waals surface area (Å²) in [5.74, 6) is -0.844.